The minimum absolute atomic E-state index is 0.156. The lowest BCUT2D eigenvalue weighted by Crippen LogP contribution is -2.57. The predicted octanol–water partition coefficient (Wildman–Crippen LogP) is 0.570. The summed E-state index contributed by atoms with van der Waals surface area (Å²) in [6.07, 6.45) is 1.50. The number of likely N-dealkylation sites (N-methyl/N-ethyl adjacent to an activating group) is 1. The molecule has 0 aromatic rings. The van der Waals surface area contributed by atoms with Crippen LogP contribution >= 0.6 is 0 Å². The van der Waals surface area contributed by atoms with Crippen LogP contribution in [-0.4, -0.2) is 47.8 Å². The molecule has 0 aliphatic carbocycles. The van der Waals surface area contributed by atoms with Crippen LogP contribution in [-0.2, 0) is 9.53 Å². The number of fused-ring (bicyclic) bond motifs is 2. The molecule has 0 radical (unpaired) electrons. The first kappa shape index (κ1) is 9.93. The number of piperidine rings is 1. The van der Waals surface area contributed by atoms with Crippen LogP contribution in [0, 0.1) is 5.92 Å². The van der Waals surface area contributed by atoms with Crippen molar-refractivity contribution in [3.8, 4) is 0 Å². The quantitative estimate of drug-likeness (QED) is 0.706. The van der Waals surface area contributed by atoms with Gasteiger partial charge in [-0.3, -0.25) is 9.69 Å². The van der Waals surface area contributed by atoms with E-state index in [1.807, 2.05) is 0 Å². The molecule has 2 heterocycles. The third-order valence-corrected chi connectivity index (χ3v) is 3.39. The largest absolute Gasteiger partial charge is 0.481 e. The van der Waals surface area contributed by atoms with E-state index in [9.17, 15) is 4.79 Å². The summed E-state index contributed by atoms with van der Waals surface area (Å²) in [6, 6.07) is 0.655. The van der Waals surface area contributed by atoms with Crippen molar-refractivity contribution >= 4 is 5.97 Å². The molecule has 2 aliphatic heterocycles. The van der Waals surface area contributed by atoms with E-state index in [-0.39, 0.29) is 5.92 Å². The molecule has 2 unspecified atom stereocenters. The minimum Gasteiger partial charge on any atom is -0.481 e. The van der Waals surface area contributed by atoms with Crippen molar-refractivity contribution in [1.29, 1.82) is 0 Å². The molecule has 2 atom stereocenters. The Morgan fingerprint density at radius 1 is 1.43 bits per heavy atom. The van der Waals surface area contributed by atoms with Gasteiger partial charge in [0.2, 0.25) is 0 Å². The SMILES string of the molecule is CCN1C2COCC1CC(C(=O)O)C2. The van der Waals surface area contributed by atoms with E-state index < -0.39 is 5.97 Å². The Morgan fingerprint density at radius 2 is 2.00 bits per heavy atom. The predicted molar refractivity (Wildman–Crippen MR) is 51.1 cm³/mol. The lowest BCUT2D eigenvalue weighted by atomic mass is 9.85. The first-order chi connectivity index (χ1) is 6.72. The highest BCUT2D eigenvalue weighted by Crippen LogP contribution is 2.31. The molecular formula is C10H17NO3. The van der Waals surface area contributed by atoms with Crippen LogP contribution in [0.2, 0.25) is 0 Å². The lowest BCUT2D eigenvalue weighted by Gasteiger charge is -2.47. The monoisotopic (exact) mass is 199 g/mol. The van der Waals surface area contributed by atoms with E-state index in [0.29, 0.717) is 25.3 Å². The van der Waals surface area contributed by atoms with E-state index in [1.165, 1.54) is 0 Å². The fraction of sp³-hybridized carbons (Fsp3) is 0.900. The molecule has 0 aromatic heterocycles. The molecule has 80 valence electrons. The zero-order chi connectivity index (χ0) is 10.1. The van der Waals surface area contributed by atoms with Crippen molar-refractivity contribution in [2.45, 2.75) is 31.8 Å². The average molecular weight is 199 g/mol. The van der Waals surface area contributed by atoms with Crippen molar-refractivity contribution in [2.75, 3.05) is 19.8 Å². The standard InChI is InChI=1S/C10H17NO3/c1-2-11-8-3-7(10(12)13)4-9(11)6-14-5-8/h7-9H,2-6H2,1H3,(H,12,13). The van der Waals surface area contributed by atoms with Crippen molar-refractivity contribution in [3.05, 3.63) is 0 Å². The molecule has 2 fully saturated rings. The minimum atomic E-state index is -0.641. The number of aliphatic carboxylic acids is 1. The van der Waals surface area contributed by atoms with Crippen LogP contribution in [0.15, 0.2) is 0 Å². The second kappa shape index (κ2) is 3.87. The smallest absolute Gasteiger partial charge is 0.306 e. The molecule has 0 spiro atoms. The van der Waals surface area contributed by atoms with Gasteiger partial charge in [-0.15, -0.1) is 0 Å². The van der Waals surface area contributed by atoms with E-state index in [4.69, 9.17) is 9.84 Å². The van der Waals surface area contributed by atoms with Gasteiger partial charge in [-0.2, -0.15) is 0 Å². The van der Waals surface area contributed by atoms with E-state index in [0.717, 1.165) is 19.4 Å². The van der Waals surface area contributed by atoms with Crippen molar-refractivity contribution in [1.82, 2.24) is 4.90 Å². The number of rotatable bonds is 2. The summed E-state index contributed by atoms with van der Waals surface area (Å²) in [6.45, 7) is 4.54. The fourth-order valence-corrected chi connectivity index (χ4v) is 2.71. The van der Waals surface area contributed by atoms with Gasteiger partial charge in [-0.1, -0.05) is 6.92 Å². The number of carbonyl (C=O) groups is 1. The molecule has 2 bridgehead atoms. The van der Waals surface area contributed by atoms with Gasteiger partial charge in [-0.25, -0.2) is 0 Å². The highest BCUT2D eigenvalue weighted by atomic mass is 16.5. The Hall–Kier alpha value is -0.610. The lowest BCUT2D eigenvalue weighted by molar-refractivity contribution is -0.150. The Kier molecular flexibility index (Phi) is 2.74. The molecule has 0 aromatic carbocycles. The van der Waals surface area contributed by atoms with Gasteiger partial charge < -0.3 is 9.84 Å². The number of ether oxygens (including phenoxy) is 1. The van der Waals surface area contributed by atoms with Crippen LogP contribution in [0.25, 0.3) is 0 Å². The summed E-state index contributed by atoms with van der Waals surface area (Å²) in [5.74, 6) is -0.797. The zero-order valence-corrected chi connectivity index (χ0v) is 8.48. The van der Waals surface area contributed by atoms with Gasteiger partial charge in [0.05, 0.1) is 19.1 Å². The second-order valence-electron chi connectivity index (χ2n) is 4.18. The van der Waals surface area contributed by atoms with Crippen molar-refractivity contribution in [2.24, 2.45) is 5.92 Å². The van der Waals surface area contributed by atoms with Gasteiger partial charge in [0.15, 0.2) is 0 Å². The van der Waals surface area contributed by atoms with Crippen LogP contribution in [0.4, 0.5) is 0 Å². The maximum atomic E-state index is 10.9. The number of hydrogen-bond donors (Lipinski definition) is 1. The molecule has 2 saturated heterocycles. The van der Waals surface area contributed by atoms with Gasteiger partial charge in [0.1, 0.15) is 0 Å². The summed E-state index contributed by atoms with van der Waals surface area (Å²) < 4.78 is 5.46. The molecule has 0 amide bonds. The van der Waals surface area contributed by atoms with Crippen LogP contribution in [0.1, 0.15) is 19.8 Å². The highest BCUT2D eigenvalue weighted by Gasteiger charge is 2.40. The first-order valence-electron chi connectivity index (χ1n) is 5.28. The Labute approximate surface area is 83.8 Å². The molecular weight excluding hydrogens is 182 g/mol. The van der Waals surface area contributed by atoms with Crippen molar-refractivity contribution < 1.29 is 14.6 Å². The van der Waals surface area contributed by atoms with E-state index in [2.05, 4.69) is 11.8 Å². The number of nitrogens with zero attached hydrogens (tertiary/aromatic N) is 1. The normalized spacial score (nSPS) is 38.2. The third kappa shape index (κ3) is 1.64. The first-order valence-corrected chi connectivity index (χ1v) is 5.28. The molecule has 2 aliphatic rings. The molecule has 0 saturated carbocycles. The molecule has 2 rings (SSSR count). The maximum Gasteiger partial charge on any atom is 0.306 e. The van der Waals surface area contributed by atoms with Gasteiger partial charge in [-0.05, 0) is 19.4 Å². The highest BCUT2D eigenvalue weighted by molar-refractivity contribution is 5.70. The summed E-state index contributed by atoms with van der Waals surface area (Å²) in [5.41, 5.74) is 0. The van der Waals surface area contributed by atoms with Gasteiger partial charge >= 0.3 is 5.97 Å². The number of carboxylic acid groups (broad SMARTS) is 1. The Morgan fingerprint density at radius 3 is 2.43 bits per heavy atom. The Bertz CT molecular complexity index is 217. The zero-order valence-electron chi connectivity index (χ0n) is 8.48. The maximum absolute atomic E-state index is 10.9. The van der Waals surface area contributed by atoms with E-state index >= 15 is 0 Å². The topological polar surface area (TPSA) is 49.8 Å². The van der Waals surface area contributed by atoms with Gasteiger partial charge in [0.25, 0.3) is 0 Å². The number of morpholine rings is 1. The van der Waals surface area contributed by atoms with Crippen LogP contribution in [0.3, 0.4) is 0 Å². The summed E-state index contributed by atoms with van der Waals surface area (Å²) >= 11 is 0. The number of hydrogen-bond acceptors (Lipinski definition) is 3. The fourth-order valence-electron chi connectivity index (χ4n) is 2.71. The summed E-state index contributed by atoms with van der Waals surface area (Å²) in [7, 11) is 0. The van der Waals surface area contributed by atoms with Crippen LogP contribution < -0.4 is 0 Å². The summed E-state index contributed by atoms with van der Waals surface area (Å²) in [4.78, 5) is 13.3. The van der Waals surface area contributed by atoms with Gasteiger partial charge in [0, 0.05) is 12.1 Å². The van der Waals surface area contributed by atoms with E-state index in [1.54, 1.807) is 0 Å². The average Bonchev–Trinajstić information content (AvgIpc) is 2.15. The molecule has 1 N–H and O–H groups in total. The second-order valence-corrected chi connectivity index (χ2v) is 4.18. The molecule has 14 heavy (non-hydrogen) atoms. The van der Waals surface area contributed by atoms with Crippen molar-refractivity contribution in [3.63, 3.8) is 0 Å². The van der Waals surface area contributed by atoms with Crippen LogP contribution in [0.5, 0.6) is 0 Å². The molecule has 4 heteroatoms. The summed E-state index contributed by atoms with van der Waals surface area (Å²) in [5, 5.41) is 8.99. The number of carboxylic acids is 1. The molecule has 4 nitrogen and oxygen atoms in total. The third-order valence-electron chi connectivity index (χ3n) is 3.39. The Balaban J connectivity index is 2.08.